The first-order valence-corrected chi connectivity index (χ1v) is 12.0. The molecule has 0 aliphatic carbocycles. The van der Waals surface area contributed by atoms with Crippen LogP contribution in [0, 0.1) is 6.92 Å². The van der Waals surface area contributed by atoms with E-state index in [2.05, 4.69) is 4.98 Å². The Hall–Kier alpha value is -3.14. The molecule has 0 saturated carbocycles. The van der Waals surface area contributed by atoms with Crippen LogP contribution < -0.4 is 4.31 Å². The number of hydrogen-bond donors (Lipinski definition) is 1. The number of anilines is 1. The van der Waals surface area contributed by atoms with E-state index in [1.807, 2.05) is 6.92 Å². The van der Waals surface area contributed by atoms with E-state index in [1.165, 1.54) is 17.5 Å². The van der Waals surface area contributed by atoms with Gasteiger partial charge in [0.1, 0.15) is 5.69 Å². The highest BCUT2D eigenvalue weighted by molar-refractivity contribution is 7.92. The van der Waals surface area contributed by atoms with Crippen molar-refractivity contribution in [3.8, 4) is 0 Å². The van der Waals surface area contributed by atoms with Gasteiger partial charge in [-0.05, 0) is 55.5 Å². The summed E-state index contributed by atoms with van der Waals surface area (Å²) in [7, 11) is -2.14. The van der Waals surface area contributed by atoms with Gasteiger partial charge < -0.3 is 14.5 Å². The smallest absolute Gasteiger partial charge is 0.355 e. The normalized spacial score (nSPS) is 13.4. The molecule has 10 heteroatoms. The third-order valence-electron chi connectivity index (χ3n) is 5.49. The van der Waals surface area contributed by atoms with Crippen LogP contribution in [-0.4, -0.2) is 57.6 Å². The molecule has 0 saturated heterocycles. The van der Waals surface area contributed by atoms with Crippen LogP contribution in [0.3, 0.4) is 0 Å². The molecule has 1 aliphatic rings. The first-order valence-electron chi connectivity index (χ1n) is 10.2. The zero-order valence-electron chi connectivity index (χ0n) is 18.5. The highest BCUT2D eigenvalue weighted by Crippen LogP contribution is 2.30. The minimum absolute atomic E-state index is 0.101. The number of aromatic amines is 1. The van der Waals surface area contributed by atoms with Gasteiger partial charge >= 0.3 is 11.9 Å². The van der Waals surface area contributed by atoms with Crippen LogP contribution in [0.15, 0.2) is 18.2 Å². The molecular formula is C22H26N2O7S. The van der Waals surface area contributed by atoms with Gasteiger partial charge in [0.2, 0.25) is 10.0 Å². The Balaban J connectivity index is 1.75. The lowest BCUT2D eigenvalue weighted by Crippen LogP contribution is -2.34. The zero-order chi connectivity index (χ0) is 23.6. The van der Waals surface area contributed by atoms with Gasteiger partial charge in [0, 0.05) is 17.8 Å². The third kappa shape index (κ3) is 4.55. The number of carbonyl (C=O) groups is 3. The Kier molecular flexibility index (Phi) is 6.73. The summed E-state index contributed by atoms with van der Waals surface area (Å²) in [6.45, 7) is 3.36. The maximum Gasteiger partial charge on any atom is 0.355 e. The number of esters is 2. The van der Waals surface area contributed by atoms with E-state index in [1.54, 1.807) is 19.1 Å². The highest BCUT2D eigenvalue weighted by atomic mass is 32.2. The van der Waals surface area contributed by atoms with Crippen LogP contribution >= 0.6 is 0 Å². The number of carbonyl (C=O) groups excluding carboxylic acids is 3. The molecule has 0 spiro atoms. The number of H-pyrrole nitrogens is 1. The standard InChI is InChI=1S/C22H26N2O7S/c1-5-16-19(21(26)30-3)13(2)20(23-16)22(27)31-12-18(25)15-8-9-17-14(11-15)7-6-10-24(17)32(4,28)29/h8-9,11,23H,5-7,10,12H2,1-4H3. The van der Waals surface area contributed by atoms with E-state index in [0.717, 1.165) is 11.8 Å². The van der Waals surface area contributed by atoms with Crippen molar-refractivity contribution in [1.82, 2.24) is 4.98 Å². The first kappa shape index (κ1) is 23.5. The quantitative estimate of drug-likeness (QED) is 0.495. The molecule has 172 valence electrons. The number of hydrogen-bond acceptors (Lipinski definition) is 7. The molecule has 1 aromatic carbocycles. The van der Waals surface area contributed by atoms with Gasteiger partial charge in [0.05, 0.1) is 24.6 Å². The summed E-state index contributed by atoms with van der Waals surface area (Å²) in [5, 5.41) is 0. The van der Waals surface area contributed by atoms with Crippen molar-refractivity contribution >= 4 is 33.4 Å². The SMILES string of the molecule is CCc1[nH]c(C(=O)OCC(=O)c2ccc3c(c2)CCCN3S(C)(=O)=O)c(C)c1C(=O)OC. The molecule has 3 rings (SSSR count). The Bertz CT molecular complexity index is 1180. The number of sulfonamides is 1. The molecule has 9 nitrogen and oxygen atoms in total. The topological polar surface area (TPSA) is 123 Å². The number of rotatable bonds is 7. The van der Waals surface area contributed by atoms with Crippen LogP contribution in [0.4, 0.5) is 5.69 Å². The molecule has 1 aromatic heterocycles. The minimum Gasteiger partial charge on any atom is -0.465 e. The Morgan fingerprint density at radius 2 is 1.91 bits per heavy atom. The number of nitrogens with one attached hydrogen (secondary N) is 1. The minimum atomic E-state index is -3.40. The summed E-state index contributed by atoms with van der Waals surface area (Å²) < 4.78 is 35.3. The number of ketones is 1. The molecule has 0 fully saturated rings. The lowest BCUT2D eigenvalue weighted by Gasteiger charge is -2.29. The summed E-state index contributed by atoms with van der Waals surface area (Å²) in [6, 6.07) is 4.78. The summed E-state index contributed by atoms with van der Waals surface area (Å²) in [4.78, 5) is 40.1. The number of methoxy groups -OCH3 is 1. The molecule has 32 heavy (non-hydrogen) atoms. The predicted molar refractivity (Wildman–Crippen MR) is 118 cm³/mol. The second-order valence-corrected chi connectivity index (χ2v) is 9.51. The van der Waals surface area contributed by atoms with E-state index in [9.17, 15) is 22.8 Å². The first-order chi connectivity index (χ1) is 15.1. The van der Waals surface area contributed by atoms with Crippen molar-refractivity contribution in [3.63, 3.8) is 0 Å². The molecule has 1 N–H and O–H groups in total. The Labute approximate surface area is 186 Å². The van der Waals surface area contributed by atoms with Gasteiger partial charge in [0.25, 0.3) is 0 Å². The average molecular weight is 463 g/mol. The summed E-state index contributed by atoms with van der Waals surface area (Å²) in [5.74, 6) is -1.71. The van der Waals surface area contributed by atoms with Crippen LogP contribution in [-0.2, 0) is 32.3 Å². The van der Waals surface area contributed by atoms with Crippen molar-refractivity contribution < 1.29 is 32.3 Å². The molecule has 0 bridgehead atoms. The largest absolute Gasteiger partial charge is 0.465 e. The molecule has 2 aromatic rings. The number of Topliss-reactive ketones (excluding diaryl/α,β-unsaturated/α-hetero) is 1. The van der Waals surface area contributed by atoms with Crippen molar-refractivity contribution in [1.29, 1.82) is 0 Å². The van der Waals surface area contributed by atoms with E-state index in [-0.39, 0.29) is 5.69 Å². The fourth-order valence-electron chi connectivity index (χ4n) is 3.87. The third-order valence-corrected chi connectivity index (χ3v) is 6.67. The van der Waals surface area contributed by atoms with Gasteiger partial charge in [-0.2, -0.15) is 0 Å². The van der Waals surface area contributed by atoms with Crippen LogP contribution in [0.1, 0.15) is 61.4 Å². The fraction of sp³-hybridized carbons (Fsp3) is 0.409. The maximum absolute atomic E-state index is 12.6. The van der Waals surface area contributed by atoms with Gasteiger partial charge in [-0.1, -0.05) is 6.92 Å². The van der Waals surface area contributed by atoms with Gasteiger partial charge in [-0.25, -0.2) is 18.0 Å². The van der Waals surface area contributed by atoms with E-state index >= 15 is 0 Å². The molecule has 0 unspecified atom stereocenters. The summed E-state index contributed by atoms with van der Waals surface area (Å²) in [6.07, 6.45) is 2.94. The van der Waals surface area contributed by atoms with Gasteiger partial charge in [0.15, 0.2) is 12.4 Å². The van der Waals surface area contributed by atoms with Gasteiger partial charge in [-0.3, -0.25) is 9.10 Å². The summed E-state index contributed by atoms with van der Waals surface area (Å²) >= 11 is 0. The second-order valence-electron chi connectivity index (χ2n) is 7.61. The lowest BCUT2D eigenvalue weighted by molar-refractivity contribution is 0.0468. The maximum atomic E-state index is 12.6. The Morgan fingerprint density at radius 1 is 1.19 bits per heavy atom. The molecule has 0 radical (unpaired) electrons. The van der Waals surface area contributed by atoms with E-state index in [4.69, 9.17) is 9.47 Å². The molecule has 0 atom stereocenters. The van der Waals surface area contributed by atoms with Crippen molar-refractivity contribution in [3.05, 3.63) is 51.8 Å². The van der Waals surface area contributed by atoms with Crippen molar-refractivity contribution in [2.45, 2.75) is 33.1 Å². The number of ether oxygens (including phenoxy) is 2. The molecule has 0 amide bonds. The number of fused-ring (bicyclic) bond motifs is 1. The van der Waals surface area contributed by atoms with Crippen molar-refractivity contribution in [2.24, 2.45) is 0 Å². The number of nitrogens with zero attached hydrogens (tertiary/aromatic N) is 1. The number of aryl methyl sites for hydroxylation is 2. The van der Waals surface area contributed by atoms with E-state index in [0.29, 0.717) is 53.9 Å². The summed E-state index contributed by atoms with van der Waals surface area (Å²) in [5.41, 5.74) is 3.01. The monoisotopic (exact) mass is 462 g/mol. The van der Waals surface area contributed by atoms with Gasteiger partial charge in [-0.15, -0.1) is 0 Å². The lowest BCUT2D eigenvalue weighted by atomic mass is 9.99. The average Bonchev–Trinajstić information content (AvgIpc) is 3.11. The van der Waals surface area contributed by atoms with Crippen molar-refractivity contribution in [2.75, 3.05) is 30.8 Å². The Morgan fingerprint density at radius 3 is 2.53 bits per heavy atom. The predicted octanol–water partition coefficient (Wildman–Crippen LogP) is 2.42. The zero-order valence-corrected chi connectivity index (χ0v) is 19.3. The van der Waals surface area contributed by atoms with Crippen LogP contribution in [0.25, 0.3) is 0 Å². The van der Waals surface area contributed by atoms with Crippen LogP contribution in [0.5, 0.6) is 0 Å². The molecule has 2 heterocycles. The second kappa shape index (κ2) is 9.15. The number of aromatic nitrogens is 1. The van der Waals surface area contributed by atoms with E-state index < -0.39 is 34.4 Å². The van der Waals surface area contributed by atoms with Crippen LogP contribution in [0.2, 0.25) is 0 Å². The molecule has 1 aliphatic heterocycles. The fourth-order valence-corrected chi connectivity index (χ4v) is 4.87. The highest BCUT2D eigenvalue weighted by Gasteiger charge is 2.26. The molecular weight excluding hydrogens is 436 g/mol. The number of benzene rings is 1.